The first kappa shape index (κ1) is 22.6. The van der Waals surface area contributed by atoms with Crippen LogP contribution >= 0.6 is 0 Å². The van der Waals surface area contributed by atoms with E-state index in [1.165, 1.54) is 59.7 Å². The molecule has 0 spiro atoms. The van der Waals surface area contributed by atoms with Gasteiger partial charge in [0.2, 0.25) is 0 Å². The predicted octanol–water partition coefficient (Wildman–Crippen LogP) is 3.52. The molecule has 18 heavy (non-hydrogen) atoms. The van der Waals surface area contributed by atoms with Crippen LogP contribution in [-0.2, 0) is 14.3 Å². The number of aliphatic hydroxyl groups is 1. The number of carbonyl (C=O) groups is 1. The molecule has 0 heterocycles. The molecular weight excluding hydrogens is 232 g/mol. The Labute approximate surface area is 113 Å². The van der Waals surface area contributed by atoms with E-state index in [4.69, 9.17) is 5.11 Å². The molecule has 1 fully saturated rings. The lowest BCUT2D eigenvalue weighted by Gasteiger charge is -2.05. The summed E-state index contributed by atoms with van der Waals surface area (Å²) in [5.41, 5.74) is 0. The summed E-state index contributed by atoms with van der Waals surface area (Å²) in [6.45, 7) is 6.92. The molecule has 4 heteroatoms. The molecule has 1 atom stereocenters. The Kier molecular flexibility index (Phi) is 27.1. The Bertz CT molecular complexity index is 131. The van der Waals surface area contributed by atoms with Crippen LogP contribution in [-0.4, -0.2) is 31.6 Å². The molecule has 0 saturated heterocycles. The first-order valence-corrected chi connectivity index (χ1v) is 6.80. The second-order valence-corrected chi connectivity index (χ2v) is 3.65. The van der Waals surface area contributed by atoms with Crippen molar-refractivity contribution in [3.63, 3.8) is 0 Å². The maximum atomic E-state index is 9.59. The largest absolute Gasteiger partial charge is 0.469 e. The molecule has 112 valence electrons. The molecule has 1 aliphatic rings. The molecule has 0 bridgehead atoms. The lowest BCUT2D eigenvalue weighted by atomic mass is 10.0. The van der Waals surface area contributed by atoms with Crippen molar-refractivity contribution in [3.05, 3.63) is 0 Å². The van der Waals surface area contributed by atoms with Gasteiger partial charge in [0.15, 0.2) is 6.29 Å². The Hall–Kier alpha value is -0.610. The van der Waals surface area contributed by atoms with E-state index in [-0.39, 0.29) is 5.97 Å². The summed E-state index contributed by atoms with van der Waals surface area (Å²) >= 11 is 0. The third kappa shape index (κ3) is 36.1. The predicted molar refractivity (Wildman–Crippen MR) is 75.4 cm³/mol. The number of ether oxygens (including phenoxy) is 2. The van der Waals surface area contributed by atoms with E-state index in [2.05, 4.69) is 9.47 Å². The van der Waals surface area contributed by atoms with Gasteiger partial charge in [0, 0.05) is 14.0 Å². The Morgan fingerprint density at radius 1 is 1.00 bits per heavy atom. The van der Waals surface area contributed by atoms with E-state index < -0.39 is 6.29 Å². The van der Waals surface area contributed by atoms with E-state index in [9.17, 15) is 4.79 Å². The van der Waals surface area contributed by atoms with E-state index in [1.54, 1.807) is 6.92 Å². The van der Waals surface area contributed by atoms with E-state index >= 15 is 0 Å². The van der Waals surface area contributed by atoms with Crippen LogP contribution in [0.3, 0.4) is 0 Å². The molecule has 0 aliphatic heterocycles. The van der Waals surface area contributed by atoms with Gasteiger partial charge in [0.25, 0.3) is 0 Å². The molecule has 0 amide bonds. The Morgan fingerprint density at radius 2 is 1.17 bits per heavy atom. The van der Waals surface area contributed by atoms with E-state index in [1.807, 2.05) is 13.8 Å². The highest BCUT2D eigenvalue weighted by Crippen LogP contribution is 2.15. The van der Waals surface area contributed by atoms with Gasteiger partial charge in [0.05, 0.1) is 7.11 Å². The zero-order chi connectivity index (χ0) is 14.8. The van der Waals surface area contributed by atoms with Crippen molar-refractivity contribution in [2.24, 2.45) is 0 Å². The van der Waals surface area contributed by atoms with Crippen molar-refractivity contribution in [1.29, 1.82) is 0 Å². The summed E-state index contributed by atoms with van der Waals surface area (Å²) in [4.78, 5) is 9.59. The van der Waals surface area contributed by atoms with Crippen LogP contribution in [0.5, 0.6) is 0 Å². The molecular formula is C14H32O4. The molecule has 0 aromatic rings. The third-order valence-corrected chi connectivity index (χ3v) is 2.13. The first-order valence-electron chi connectivity index (χ1n) is 6.80. The van der Waals surface area contributed by atoms with Crippen LogP contribution in [0.15, 0.2) is 0 Å². The average Bonchev–Trinajstić information content (AvgIpc) is 2.44. The van der Waals surface area contributed by atoms with Gasteiger partial charge in [-0.15, -0.1) is 0 Å². The fourth-order valence-corrected chi connectivity index (χ4v) is 1.06. The molecule has 0 radical (unpaired) electrons. The van der Waals surface area contributed by atoms with Crippen LogP contribution in [0.1, 0.15) is 66.2 Å². The van der Waals surface area contributed by atoms with Gasteiger partial charge in [-0.05, 0) is 6.92 Å². The van der Waals surface area contributed by atoms with Crippen molar-refractivity contribution in [2.75, 3.05) is 14.2 Å². The summed E-state index contributed by atoms with van der Waals surface area (Å²) in [7, 11) is 2.80. The maximum absolute atomic E-state index is 9.59. The maximum Gasteiger partial charge on any atom is 0.302 e. The normalized spacial score (nSPS) is 14.4. The van der Waals surface area contributed by atoms with Crippen molar-refractivity contribution in [1.82, 2.24) is 0 Å². The number of aliphatic hydroxyl groups excluding tert-OH is 1. The monoisotopic (exact) mass is 264 g/mol. The van der Waals surface area contributed by atoms with Crippen LogP contribution < -0.4 is 0 Å². The number of esters is 1. The number of hydrogen-bond donors (Lipinski definition) is 1. The highest BCUT2D eigenvalue weighted by Gasteiger charge is 1.95. The standard InChI is InChI=1S/C6H12.C3H8O2.C3H6O2.C2H6/c1-2-4-6-5-3-1;2*1-3(4)5-2;1-2/h1-6H2;3-4H,1-2H3;1-2H3;1-2H3. The van der Waals surface area contributed by atoms with Crippen LogP contribution in [0, 0.1) is 0 Å². The van der Waals surface area contributed by atoms with Gasteiger partial charge in [-0.25, -0.2) is 0 Å². The lowest BCUT2D eigenvalue weighted by molar-refractivity contribution is -0.137. The summed E-state index contributed by atoms with van der Waals surface area (Å²) in [6, 6.07) is 0. The molecule has 1 rings (SSSR count). The summed E-state index contributed by atoms with van der Waals surface area (Å²) in [5, 5.41) is 8.14. The van der Waals surface area contributed by atoms with Crippen LogP contribution in [0.2, 0.25) is 0 Å². The minimum atomic E-state index is -0.616. The van der Waals surface area contributed by atoms with Gasteiger partial charge in [-0.3, -0.25) is 4.79 Å². The molecule has 1 unspecified atom stereocenters. The molecule has 1 aliphatic carbocycles. The second-order valence-electron chi connectivity index (χ2n) is 3.65. The molecule has 0 aromatic carbocycles. The third-order valence-electron chi connectivity index (χ3n) is 2.13. The van der Waals surface area contributed by atoms with Gasteiger partial charge in [-0.2, -0.15) is 0 Å². The zero-order valence-corrected chi connectivity index (χ0v) is 13.0. The van der Waals surface area contributed by atoms with Crippen molar-refractivity contribution >= 4 is 5.97 Å². The zero-order valence-electron chi connectivity index (χ0n) is 13.0. The second kappa shape index (κ2) is 21.7. The van der Waals surface area contributed by atoms with Gasteiger partial charge >= 0.3 is 5.97 Å². The van der Waals surface area contributed by atoms with Crippen molar-refractivity contribution in [2.45, 2.75) is 72.5 Å². The van der Waals surface area contributed by atoms with E-state index in [0.717, 1.165) is 0 Å². The topological polar surface area (TPSA) is 55.8 Å². The number of hydrogen-bond acceptors (Lipinski definition) is 4. The SMILES string of the molecule is C1CCCCC1.CC.COC(C)=O.COC(C)O. The van der Waals surface area contributed by atoms with E-state index in [0.29, 0.717) is 0 Å². The van der Waals surface area contributed by atoms with Gasteiger partial charge in [-0.1, -0.05) is 52.4 Å². The quantitative estimate of drug-likeness (QED) is 0.581. The fourth-order valence-electron chi connectivity index (χ4n) is 1.06. The van der Waals surface area contributed by atoms with Crippen molar-refractivity contribution < 1.29 is 19.4 Å². The van der Waals surface area contributed by atoms with Crippen LogP contribution in [0.4, 0.5) is 0 Å². The summed E-state index contributed by atoms with van der Waals surface area (Å²) in [5.74, 6) is -0.245. The molecule has 0 aromatic heterocycles. The van der Waals surface area contributed by atoms with Crippen molar-refractivity contribution in [3.8, 4) is 0 Å². The Morgan fingerprint density at radius 3 is 1.22 bits per heavy atom. The highest BCUT2D eigenvalue weighted by atomic mass is 16.6. The number of methoxy groups -OCH3 is 2. The number of carbonyl (C=O) groups excluding carboxylic acids is 1. The minimum absolute atomic E-state index is 0.245. The minimum Gasteiger partial charge on any atom is -0.469 e. The van der Waals surface area contributed by atoms with Gasteiger partial charge < -0.3 is 14.6 Å². The van der Waals surface area contributed by atoms with Crippen LogP contribution in [0.25, 0.3) is 0 Å². The first-order chi connectivity index (χ1) is 8.54. The summed E-state index contributed by atoms with van der Waals surface area (Å²) < 4.78 is 8.42. The highest BCUT2D eigenvalue weighted by molar-refractivity contribution is 5.65. The molecule has 1 N–H and O–H groups in total. The lowest BCUT2D eigenvalue weighted by Crippen LogP contribution is -1.99. The van der Waals surface area contributed by atoms with Gasteiger partial charge in [0.1, 0.15) is 0 Å². The smallest absolute Gasteiger partial charge is 0.302 e. The Balaban J connectivity index is -0.000000177. The average molecular weight is 264 g/mol. The summed E-state index contributed by atoms with van der Waals surface area (Å²) in [6.07, 6.45) is 8.38. The molecule has 4 nitrogen and oxygen atoms in total. The fraction of sp³-hybridized carbons (Fsp3) is 0.929. The number of rotatable bonds is 1. The molecule has 1 saturated carbocycles.